The largest absolute Gasteiger partial charge is 0.497 e. The van der Waals surface area contributed by atoms with Crippen LogP contribution in [0.5, 0.6) is 5.75 Å². The van der Waals surface area contributed by atoms with Crippen LogP contribution in [0.15, 0.2) is 42.7 Å². The lowest BCUT2D eigenvalue weighted by Gasteiger charge is -2.25. The molecule has 0 spiro atoms. The van der Waals surface area contributed by atoms with E-state index in [4.69, 9.17) is 14.7 Å². The summed E-state index contributed by atoms with van der Waals surface area (Å²) in [4.78, 5) is 39.0. The maximum absolute atomic E-state index is 13.0. The van der Waals surface area contributed by atoms with Crippen molar-refractivity contribution >= 4 is 17.6 Å². The number of amides is 2. The van der Waals surface area contributed by atoms with Gasteiger partial charge in [-0.3, -0.25) is 19.2 Å². The molecule has 33 heavy (non-hydrogen) atoms. The first-order chi connectivity index (χ1) is 16.0. The SMILES string of the molecule is COc1cccc(CN2C(=O)Cc3c(C)nc(C4CCCN4C(=O)Cn4cccn4)nc32)c1. The number of anilines is 1. The van der Waals surface area contributed by atoms with Gasteiger partial charge in [0, 0.05) is 30.2 Å². The van der Waals surface area contributed by atoms with Crippen molar-refractivity contribution in [3.05, 3.63) is 65.4 Å². The summed E-state index contributed by atoms with van der Waals surface area (Å²) in [5.41, 5.74) is 2.62. The fraction of sp³-hybridized carbons (Fsp3) is 0.375. The summed E-state index contributed by atoms with van der Waals surface area (Å²) in [6.45, 7) is 3.17. The summed E-state index contributed by atoms with van der Waals surface area (Å²) < 4.78 is 6.95. The first kappa shape index (κ1) is 21.1. The summed E-state index contributed by atoms with van der Waals surface area (Å²) in [5, 5.41) is 4.14. The molecule has 5 rings (SSSR count). The molecular weight excluding hydrogens is 420 g/mol. The predicted molar refractivity (Wildman–Crippen MR) is 121 cm³/mol. The molecule has 9 nitrogen and oxygen atoms in total. The number of hydrogen-bond acceptors (Lipinski definition) is 6. The molecule has 2 aromatic heterocycles. The highest BCUT2D eigenvalue weighted by atomic mass is 16.5. The van der Waals surface area contributed by atoms with Crippen molar-refractivity contribution in [2.24, 2.45) is 0 Å². The molecule has 2 aliphatic rings. The van der Waals surface area contributed by atoms with Crippen molar-refractivity contribution in [2.75, 3.05) is 18.6 Å². The van der Waals surface area contributed by atoms with Gasteiger partial charge < -0.3 is 9.64 Å². The van der Waals surface area contributed by atoms with Crippen molar-refractivity contribution in [2.45, 2.75) is 45.3 Å². The van der Waals surface area contributed by atoms with Gasteiger partial charge in [-0.2, -0.15) is 5.10 Å². The number of carbonyl (C=O) groups is 2. The molecule has 9 heteroatoms. The van der Waals surface area contributed by atoms with E-state index < -0.39 is 0 Å². The molecule has 1 atom stereocenters. The lowest BCUT2D eigenvalue weighted by Crippen LogP contribution is -2.34. The topological polar surface area (TPSA) is 93.5 Å². The van der Waals surface area contributed by atoms with E-state index in [1.54, 1.807) is 35.2 Å². The van der Waals surface area contributed by atoms with E-state index >= 15 is 0 Å². The molecule has 1 unspecified atom stereocenters. The zero-order chi connectivity index (χ0) is 22.9. The molecule has 0 aliphatic carbocycles. The Morgan fingerprint density at radius 3 is 2.91 bits per heavy atom. The summed E-state index contributed by atoms with van der Waals surface area (Å²) in [5.74, 6) is 1.99. The molecule has 3 aromatic rings. The van der Waals surface area contributed by atoms with Crippen LogP contribution in [-0.4, -0.2) is 50.1 Å². The molecule has 170 valence electrons. The van der Waals surface area contributed by atoms with Gasteiger partial charge in [-0.1, -0.05) is 12.1 Å². The molecule has 4 heterocycles. The van der Waals surface area contributed by atoms with Crippen LogP contribution < -0.4 is 9.64 Å². The van der Waals surface area contributed by atoms with Crippen molar-refractivity contribution in [1.82, 2.24) is 24.6 Å². The van der Waals surface area contributed by atoms with Gasteiger partial charge in [0.15, 0.2) is 5.82 Å². The molecule has 0 radical (unpaired) electrons. The van der Waals surface area contributed by atoms with E-state index in [2.05, 4.69) is 5.10 Å². The van der Waals surface area contributed by atoms with E-state index in [1.165, 1.54) is 0 Å². The van der Waals surface area contributed by atoms with Crippen LogP contribution in [-0.2, 0) is 29.1 Å². The quantitative estimate of drug-likeness (QED) is 0.577. The van der Waals surface area contributed by atoms with E-state index in [0.717, 1.165) is 35.4 Å². The number of ether oxygens (including phenoxy) is 1. The first-order valence-corrected chi connectivity index (χ1v) is 11.1. The van der Waals surface area contributed by atoms with Gasteiger partial charge in [-0.05, 0) is 43.5 Å². The number of benzene rings is 1. The number of aromatic nitrogens is 4. The second kappa shape index (κ2) is 8.65. The van der Waals surface area contributed by atoms with Crippen molar-refractivity contribution in [3.8, 4) is 5.75 Å². The minimum atomic E-state index is -0.202. The second-order valence-electron chi connectivity index (χ2n) is 8.43. The number of hydrogen-bond donors (Lipinski definition) is 0. The average Bonchev–Trinajstić information content (AvgIpc) is 3.56. The Morgan fingerprint density at radius 2 is 2.12 bits per heavy atom. The Hall–Kier alpha value is -3.75. The van der Waals surface area contributed by atoms with E-state index in [9.17, 15) is 9.59 Å². The van der Waals surface area contributed by atoms with Crippen LogP contribution in [0.25, 0.3) is 0 Å². The lowest BCUT2D eigenvalue weighted by molar-refractivity contribution is -0.133. The molecule has 0 N–H and O–H groups in total. The maximum Gasteiger partial charge on any atom is 0.244 e. The fourth-order valence-corrected chi connectivity index (χ4v) is 4.62. The normalized spacial score (nSPS) is 17.5. The van der Waals surface area contributed by atoms with Gasteiger partial charge in [0.2, 0.25) is 11.8 Å². The highest BCUT2D eigenvalue weighted by molar-refractivity contribution is 6.00. The Labute approximate surface area is 192 Å². The highest BCUT2D eigenvalue weighted by Crippen LogP contribution is 2.35. The number of aryl methyl sites for hydroxylation is 1. The lowest BCUT2D eigenvalue weighted by atomic mass is 10.1. The third-order valence-electron chi connectivity index (χ3n) is 6.30. The second-order valence-corrected chi connectivity index (χ2v) is 8.43. The number of rotatable bonds is 6. The van der Waals surface area contributed by atoms with E-state index in [1.807, 2.05) is 36.1 Å². The van der Waals surface area contributed by atoms with Gasteiger partial charge in [-0.25, -0.2) is 9.97 Å². The van der Waals surface area contributed by atoms with Gasteiger partial charge in [0.1, 0.15) is 18.1 Å². The Balaban J connectivity index is 1.43. The molecule has 1 aromatic carbocycles. The van der Waals surface area contributed by atoms with Gasteiger partial charge >= 0.3 is 0 Å². The monoisotopic (exact) mass is 446 g/mol. The van der Waals surface area contributed by atoms with Gasteiger partial charge in [0.05, 0.1) is 26.1 Å². The van der Waals surface area contributed by atoms with Gasteiger partial charge in [0.25, 0.3) is 0 Å². The Morgan fingerprint density at radius 1 is 1.24 bits per heavy atom. The van der Waals surface area contributed by atoms with Gasteiger partial charge in [-0.15, -0.1) is 0 Å². The number of nitrogens with zero attached hydrogens (tertiary/aromatic N) is 6. The number of carbonyl (C=O) groups excluding carboxylic acids is 2. The highest BCUT2D eigenvalue weighted by Gasteiger charge is 2.36. The predicted octanol–water partition coefficient (Wildman–Crippen LogP) is 2.44. The van der Waals surface area contributed by atoms with Crippen molar-refractivity contribution in [1.29, 1.82) is 0 Å². The average molecular weight is 447 g/mol. The summed E-state index contributed by atoms with van der Waals surface area (Å²) in [7, 11) is 1.62. The third-order valence-corrected chi connectivity index (χ3v) is 6.30. The van der Waals surface area contributed by atoms with Crippen LogP contribution in [0.4, 0.5) is 5.82 Å². The Kier molecular flexibility index (Phi) is 5.53. The maximum atomic E-state index is 13.0. The van der Waals surface area contributed by atoms with Crippen LogP contribution in [0.1, 0.15) is 41.5 Å². The number of likely N-dealkylation sites (tertiary alicyclic amines) is 1. The van der Waals surface area contributed by atoms with E-state index in [0.29, 0.717) is 24.7 Å². The fourth-order valence-electron chi connectivity index (χ4n) is 4.62. The zero-order valence-corrected chi connectivity index (χ0v) is 18.8. The molecule has 2 aliphatic heterocycles. The van der Waals surface area contributed by atoms with Crippen LogP contribution in [0.2, 0.25) is 0 Å². The van der Waals surface area contributed by atoms with Crippen LogP contribution in [0.3, 0.4) is 0 Å². The summed E-state index contributed by atoms with van der Waals surface area (Å²) in [6, 6.07) is 9.28. The minimum absolute atomic E-state index is 0.000376. The van der Waals surface area contributed by atoms with Crippen LogP contribution in [0, 0.1) is 6.92 Å². The standard InChI is InChI=1S/C24H26N6O3/c1-16-19-13-21(31)30(14-17-6-3-7-18(12-17)33-2)24(19)27-23(26-16)20-8-4-11-29(20)22(32)15-28-10-5-9-25-28/h3,5-7,9-10,12,20H,4,8,11,13-15H2,1-2H3. The molecule has 2 amide bonds. The third kappa shape index (κ3) is 4.06. The van der Waals surface area contributed by atoms with Crippen LogP contribution >= 0.6 is 0 Å². The zero-order valence-electron chi connectivity index (χ0n) is 18.8. The smallest absolute Gasteiger partial charge is 0.244 e. The van der Waals surface area contributed by atoms with Crippen molar-refractivity contribution in [3.63, 3.8) is 0 Å². The summed E-state index contributed by atoms with van der Waals surface area (Å²) >= 11 is 0. The van der Waals surface area contributed by atoms with E-state index in [-0.39, 0.29) is 30.8 Å². The minimum Gasteiger partial charge on any atom is -0.497 e. The molecule has 1 fully saturated rings. The first-order valence-electron chi connectivity index (χ1n) is 11.1. The molecule has 1 saturated heterocycles. The number of methoxy groups -OCH3 is 1. The number of fused-ring (bicyclic) bond motifs is 1. The molecule has 0 saturated carbocycles. The van der Waals surface area contributed by atoms with Crippen molar-refractivity contribution < 1.29 is 14.3 Å². The Bertz CT molecular complexity index is 1190. The molecule has 0 bridgehead atoms. The molecular formula is C24H26N6O3. The summed E-state index contributed by atoms with van der Waals surface area (Å²) in [6.07, 6.45) is 5.42.